The van der Waals surface area contributed by atoms with Gasteiger partial charge in [0.05, 0.1) is 6.54 Å². The Bertz CT molecular complexity index is 112. The highest BCUT2D eigenvalue weighted by atomic mass is 35.5. The second-order valence-corrected chi connectivity index (χ2v) is 1.33. The lowest BCUT2D eigenvalue weighted by molar-refractivity contribution is 0.449. The van der Waals surface area contributed by atoms with E-state index in [1.807, 2.05) is 0 Å². The molecule has 0 aliphatic carbocycles. The summed E-state index contributed by atoms with van der Waals surface area (Å²) in [5, 5.41) is 1.56. The van der Waals surface area contributed by atoms with Gasteiger partial charge in [0, 0.05) is 18.6 Å². The fourth-order valence-electron chi connectivity index (χ4n) is 0.387. The van der Waals surface area contributed by atoms with E-state index in [4.69, 9.17) is 5.84 Å². The summed E-state index contributed by atoms with van der Waals surface area (Å²) < 4.78 is 0. The van der Waals surface area contributed by atoms with Crippen molar-refractivity contribution >= 4 is 31.0 Å². The van der Waals surface area contributed by atoms with Gasteiger partial charge in [-0.3, -0.25) is 4.99 Å². The van der Waals surface area contributed by atoms with Gasteiger partial charge in [-0.2, -0.15) is 0 Å². The molecule has 54 valence electrons. The topological polar surface area (TPSA) is 41.6 Å². The third kappa shape index (κ3) is 4.27. The molecule has 0 aromatic heterocycles. The monoisotopic (exact) mass is 169 g/mol. The van der Waals surface area contributed by atoms with Crippen molar-refractivity contribution in [1.82, 2.24) is 5.01 Å². The van der Waals surface area contributed by atoms with Crippen molar-refractivity contribution in [3.8, 4) is 0 Å². The summed E-state index contributed by atoms with van der Waals surface area (Å²) >= 11 is 0. The molecule has 1 aliphatic rings. The molecule has 0 saturated heterocycles. The lowest BCUT2D eigenvalue weighted by atomic mass is 10.6. The van der Waals surface area contributed by atoms with Crippen molar-refractivity contribution in [3.63, 3.8) is 0 Å². The molecule has 0 aromatic rings. The van der Waals surface area contributed by atoms with Gasteiger partial charge in [-0.15, -0.1) is 24.8 Å². The predicted molar refractivity (Wildman–Crippen MR) is 43.0 cm³/mol. The lowest BCUT2D eigenvalue weighted by Crippen LogP contribution is -2.27. The van der Waals surface area contributed by atoms with Crippen LogP contribution in [0.2, 0.25) is 0 Å². The molecular weight excluding hydrogens is 161 g/mol. The zero-order valence-corrected chi connectivity index (χ0v) is 6.36. The maximum absolute atomic E-state index is 5.29. The average molecular weight is 170 g/mol. The van der Waals surface area contributed by atoms with E-state index in [2.05, 4.69) is 4.99 Å². The molecule has 0 bridgehead atoms. The molecule has 1 rings (SSSR count). The Morgan fingerprint density at radius 2 is 2.11 bits per heavy atom. The summed E-state index contributed by atoms with van der Waals surface area (Å²) in [6, 6.07) is 0. The number of rotatable bonds is 0. The molecule has 5 heteroatoms. The smallest absolute Gasteiger partial charge is 0.0688 e. The number of nitrogens with zero attached hydrogens (tertiary/aromatic N) is 2. The number of halogens is 2. The van der Waals surface area contributed by atoms with Crippen LogP contribution in [0.1, 0.15) is 0 Å². The van der Waals surface area contributed by atoms with Crippen LogP contribution in [-0.2, 0) is 0 Å². The van der Waals surface area contributed by atoms with Crippen molar-refractivity contribution in [2.24, 2.45) is 10.8 Å². The average Bonchev–Trinajstić information content (AvgIpc) is 1.69. The summed E-state index contributed by atoms with van der Waals surface area (Å²) in [6.07, 6.45) is 5.13. The minimum Gasteiger partial charge on any atom is -0.311 e. The molecule has 0 spiro atoms. The van der Waals surface area contributed by atoms with E-state index in [-0.39, 0.29) is 24.8 Å². The largest absolute Gasteiger partial charge is 0.311 e. The standard InChI is InChI=1S/C4H7N3.2ClH/c5-7-3-1-6-2-4-7;;/h1-3H,4-5H2;2*1H. The maximum Gasteiger partial charge on any atom is 0.0688 e. The van der Waals surface area contributed by atoms with Crippen LogP contribution in [0.25, 0.3) is 0 Å². The van der Waals surface area contributed by atoms with E-state index < -0.39 is 0 Å². The molecule has 0 unspecified atom stereocenters. The first-order valence-electron chi connectivity index (χ1n) is 2.09. The molecule has 1 heterocycles. The molecule has 9 heavy (non-hydrogen) atoms. The molecule has 0 fully saturated rings. The summed E-state index contributed by atoms with van der Waals surface area (Å²) in [5.74, 6) is 5.29. The van der Waals surface area contributed by atoms with Gasteiger partial charge in [0.25, 0.3) is 0 Å². The molecule has 3 nitrogen and oxygen atoms in total. The molecular formula is C4H9Cl2N3. The predicted octanol–water partition coefficient (Wildman–Crippen LogP) is 0.561. The van der Waals surface area contributed by atoms with Crippen molar-refractivity contribution in [3.05, 3.63) is 12.4 Å². The lowest BCUT2D eigenvalue weighted by Gasteiger charge is -2.10. The fourth-order valence-corrected chi connectivity index (χ4v) is 0.387. The minimum atomic E-state index is 0. The Hall–Kier alpha value is -0.250. The Kier molecular flexibility index (Phi) is 7.53. The molecule has 2 N–H and O–H groups in total. The van der Waals surface area contributed by atoms with Crippen LogP contribution < -0.4 is 5.84 Å². The normalized spacial score (nSPS) is 14.1. The van der Waals surface area contributed by atoms with Crippen molar-refractivity contribution in [2.45, 2.75) is 0 Å². The molecule has 0 saturated carbocycles. The number of aliphatic imine (C=N–C) groups is 1. The number of nitrogens with two attached hydrogens (primary N) is 1. The minimum absolute atomic E-state index is 0. The molecule has 0 amide bonds. The van der Waals surface area contributed by atoms with Crippen LogP contribution in [0.5, 0.6) is 0 Å². The number of hydrazine groups is 1. The second-order valence-electron chi connectivity index (χ2n) is 1.33. The van der Waals surface area contributed by atoms with Crippen molar-refractivity contribution < 1.29 is 0 Å². The Morgan fingerprint density at radius 1 is 1.44 bits per heavy atom. The van der Waals surface area contributed by atoms with Gasteiger partial charge in [-0.05, 0) is 0 Å². The molecule has 0 aromatic carbocycles. The first kappa shape index (κ1) is 11.5. The van der Waals surface area contributed by atoms with Gasteiger partial charge in [0.1, 0.15) is 0 Å². The second kappa shape index (κ2) is 5.88. The zero-order valence-electron chi connectivity index (χ0n) is 4.73. The van der Waals surface area contributed by atoms with Crippen LogP contribution in [-0.4, -0.2) is 17.8 Å². The number of hydrogen-bond acceptors (Lipinski definition) is 3. The fraction of sp³-hybridized carbons (Fsp3) is 0.250. The van der Waals surface area contributed by atoms with E-state index in [0.29, 0.717) is 0 Å². The van der Waals surface area contributed by atoms with Crippen LogP contribution in [0.4, 0.5) is 0 Å². The summed E-state index contributed by atoms with van der Waals surface area (Å²) in [5.41, 5.74) is 0. The van der Waals surface area contributed by atoms with Crippen LogP contribution in [0.15, 0.2) is 17.4 Å². The summed E-state index contributed by atoms with van der Waals surface area (Å²) in [4.78, 5) is 3.80. The Morgan fingerprint density at radius 3 is 2.33 bits per heavy atom. The third-order valence-corrected chi connectivity index (χ3v) is 0.742. The highest BCUT2D eigenvalue weighted by Crippen LogP contribution is 1.84. The third-order valence-electron chi connectivity index (χ3n) is 0.742. The highest BCUT2D eigenvalue weighted by molar-refractivity contribution is 5.85. The van der Waals surface area contributed by atoms with E-state index in [1.165, 1.54) is 0 Å². The van der Waals surface area contributed by atoms with Gasteiger partial charge in [0.2, 0.25) is 0 Å². The zero-order chi connectivity index (χ0) is 5.11. The first-order valence-corrected chi connectivity index (χ1v) is 2.09. The van der Waals surface area contributed by atoms with Crippen LogP contribution in [0, 0.1) is 0 Å². The van der Waals surface area contributed by atoms with Crippen LogP contribution in [0.3, 0.4) is 0 Å². The van der Waals surface area contributed by atoms with Gasteiger partial charge >= 0.3 is 0 Å². The highest BCUT2D eigenvalue weighted by Gasteiger charge is 1.87. The Labute approximate surface area is 66.4 Å². The van der Waals surface area contributed by atoms with Crippen LogP contribution >= 0.6 is 24.8 Å². The molecule has 1 aliphatic heterocycles. The Balaban J connectivity index is 0. The number of hydrogen-bond donors (Lipinski definition) is 1. The van der Waals surface area contributed by atoms with Crippen molar-refractivity contribution in [2.75, 3.05) is 6.54 Å². The quantitative estimate of drug-likeness (QED) is 0.539. The van der Waals surface area contributed by atoms with Gasteiger partial charge in [-0.25, -0.2) is 5.84 Å². The van der Waals surface area contributed by atoms with Gasteiger partial charge in [0.15, 0.2) is 0 Å². The summed E-state index contributed by atoms with van der Waals surface area (Å²) in [7, 11) is 0. The maximum atomic E-state index is 5.29. The summed E-state index contributed by atoms with van der Waals surface area (Å²) in [6.45, 7) is 0.719. The van der Waals surface area contributed by atoms with Gasteiger partial charge < -0.3 is 5.01 Å². The van der Waals surface area contributed by atoms with Gasteiger partial charge in [-0.1, -0.05) is 0 Å². The van der Waals surface area contributed by atoms with E-state index >= 15 is 0 Å². The van der Waals surface area contributed by atoms with E-state index in [1.54, 1.807) is 23.6 Å². The van der Waals surface area contributed by atoms with E-state index in [9.17, 15) is 0 Å². The molecule has 0 radical (unpaired) electrons. The van der Waals surface area contributed by atoms with Crippen molar-refractivity contribution in [1.29, 1.82) is 0 Å². The van der Waals surface area contributed by atoms with E-state index in [0.717, 1.165) is 6.54 Å². The molecule has 0 atom stereocenters. The first-order chi connectivity index (χ1) is 3.39. The SMILES string of the molecule is Cl.Cl.NN1C=CN=CC1.